The van der Waals surface area contributed by atoms with Gasteiger partial charge in [-0.05, 0) is 104 Å². The molecule has 70 heavy (non-hydrogen) atoms. The van der Waals surface area contributed by atoms with E-state index in [0.717, 1.165) is 55.5 Å². The van der Waals surface area contributed by atoms with Crippen LogP contribution in [0.2, 0.25) is 5.02 Å². The fourth-order valence-corrected chi connectivity index (χ4v) is 11.6. The number of carbonyl (C=O) groups is 3. The molecule has 2 aliphatic heterocycles. The molecule has 362 valence electrons. The van der Waals surface area contributed by atoms with Gasteiger partial charge in [0.25, 0.3) is 0 Å². The number of fused-ring (bicyclic) bond motifs is 3. The molecule has 1 saturated heterocycles. The van der Waals surface area contributed by atoms with Gasteiger partial charge in [0.2, 0.25) is 17.7 Å². The average molecular weight is 999 g/mol. The number of rotatable bonds is 15. The zero-order valence-electron chi connectivity index (χ0n) is 40.1. The number of hydrogen-bond donors (Lipinski definition) is 3. The quantitative estimate of drug-likeness (QED) is 0.0855. The Kier molecular flexibility index (Phi) is 14.2. The van der Waals surface area contributed by atoms with E-state index in [0.29, 0.717) is 16.6 Å². The van der Waals surface area contributed by atoms with Gasteiger partial charge in [-0.2, -0.15) is 5.10 Å². The number of thiophene rings is 2. The van der Waals surface area contributed by atoms with E-state index >= 15 is 0 Å². The molecule has 7 aromatic rings. The number of amides is 3. The Labute approximate surface area is 420 Å². The standard InChI is InChI=1S/C53H56ClN9O5S2/c1-29(2)48(52(67)61-28-41(64)24-44(61)51(66)57-32(5)35-11-13-37(14-12-35)49-30(3)19-22-69-49)62-27-39(26-56-62)38-9-8-10-42(23-38)68-21-20-55-45(65)25-43-50-60-59-34(7)63(50)53-46(31(4)33(6)70-53)47(58-43)36-15-17-40(54)18-16-36/h8-19,22-23,26-27,29,32,41,43-44,48,64H,20-21,24-25,28H2,1-7H3,(H,55,65)(H,57,66)/t32-,41+,43-,44-,48?/m0/s1. The summed E-state index contributed by atoms with van der Waals surface area (Å²) in [5, 5.41) is 34.1. The lowest BCUT2D eigenvalue weighted by Gasteiger charge is -2.30. The minimum absolute atomic E-state index is 0.0509. The Morgan fingerprint density at radius 2 is 1.69 bits per heavy atom. The molecule has 6 heterocycles. The van der Waals surface area contributed by atoms with Gasteiger partial charge in [-0.25, -0.2) is 0 Å². The Bertz CT molecular complexity index is 3080. The lowest BCUT2D eigenvalue weighted by molar-refractivity contribution is -0.142. The molecule has 9 rings (SSSR count). The van der Waals surface area contributed by atoms with E-state index in [9.17, 15) is 19.5 Å². The first-order valence-corrected chi connectivity index (χ1v) is 25.6. The fraction of sp³-hybridized carbons (Fsp3) is 0.340. The number of halogens is 1. The van der Waals surface area contributed by atoms with Gasteiger partial charge in [0, 0.05) is 50.6 Å². The zero-order valence-corrected chi connectivity index (χ0v) is 42.5. The van der Waals surface area contributed by atoms with Crippen molar-refractivity contribution in [2.75, 3.05) is 19.7 Å². The van der Waals surface area contributed by atoms with Crippen LogP contribution in [-0.2, 0) is 14.4 Å². The van der Waals surface area contributed by atoms with Crippen LogP contribution in [0.3, 0.4) is 0 Å². The Morgan fingerprint density at radius 1 is 0.929 bits per heavy atom. The summed E-state index contributed by atoms with van der Waals surface area (Å²) in [7, 11) is 0. The summed E-state index contributed by atoms with van der Waals surface area (Å²) in [4.78, 5) is 50.9. The Balaban J connectivity index is 0.823. The number of aryl methyl sites for hydroxylation is 3. The van der Waals surface area contributed by atoms with Crippen LogP contribution in [0.1, 0.15) is 96.1 Å². The number of hydrogen-bond acceptors (Lipinski definition) is 11. The van der Waals surface area contributed by atoms with Gasteiger partial charge in [0.1, 0.15) is 41.3 Å². The molecule has 3 aromatic carbocycles. The summed E-state index contributed by atoms with van der Waals surface area (Å²) in [6.45, 7) is 14.5. The van der Waals surface area contributed by atoms with Crippen LogP contribution in [0.25, 0.3) is 26.6 Å². The van der Waals surface area contributed by atoms with Crippen LogP contribution < -0.4 is 15.4 Å². The molecule has 14 nitrogen and oxygen atoms in total. The van der Waals surface area contributed by atoms with E-state index in [4.69, 9.17) is 21.3 Å². The maximum Gasteiger partial charge on any atom is 0.248 e. The van der Waals surface area contributed by atoms with E-state index in [1.807, 2.05) is 99.1 Å². The maximum absolute atomic E-state index is 14.4. The third-order valence-corrected chi connectivity index (χ3v) is 15.6. The van der Waals surface area contributed by atoms with Gasteiger partial charge >= 0.3 is 0 Å². The van der Waals surface area contributed by atoms with Crippen molar-refractivity contribution in [2.45, 2.75) is 91.6 Å². The van der Waals surface area contributed by atoms with Crippen LogP contribution in [0.4, 0.5) is 0 Å². The van der Waals surface area contributed by atoms with Crippen molar-refractivity contribution in [3.8, 4) is 32.3 Å². The number of aromatic nitrogens is 5. The van der Waals surface area contributed by atoms with E-state index in [2.05, 4.69) is 70.3 Å². The number of aliphatic hydroxyl groups excluding tert-OH is 1. The molecule has 17 heteroatoms. The second kappa shape index (κ2) is 20.5. The highest BCUT2D eigenvalue weighted by Crippen LogP contribution is 2.40. The van der Waals surface area contributed by atoms with Crippen LogP contribution in [0.5, 0.6) is 5.75 Å². The van der Waals surface area contributed by atoms with Gasteiger partial charge in [0.05, 0.1) is 37.0 Å². The number of nitrogens with zero attached hydrogens (tertiary/aromatic N) is 7. The van der Waals surface area contributed by atoms with E-state index in [1.54, 1.807) is 33.6 Å². The van der Waals surface area contributed by atoms with Crippen molar-refractivity contribution in [1.82, 2.24) is 40.1 Å². The molecule has 3 N–H and O–H groups in total. The SMILES string of the molecule is Cc1ccsc1-c1ccc([C@H](C)NC(=O)[C@@H]2C[C@@H](O)CN2C(=O)C(C(C)C)n2cc(-c3cccc(OCCNC(=O)C[C@@H]4N=C(c5ccc(Cl)cc5)c5c(sc(C)c5C)-n5c(C)nnc54)c3)cn2)cc1. The van der Waals surface area contributed by atoms with E-state index < -0.39 is 24.2 Å². The number of aliphatic hydroxyl groups is 1. The molecule has 0 spiro atoms. The largest absolute Gasteiger partial charge is 0.492 e. The van der Waals surface area contributed by atoms with Crippen molar-refractivity contribution < 1.29 is 24.2 Å². The first-order valence-electron chi connectivity index (χ1n) is 23.5. The molecular formula is C53H56ClN9O5S2. The van der Waals surface area contributed by atoms with Gasteiger partial charge in [0.15, 0.2) is 5.82 Å². The van der Waals surface area contributed by atoms with E-state index in [1.165, 1.54) is 20.2 Å². The molecule has 2 aliphatic rings. The summed E-state index contributed by atoms with van der Waals surface area (Å²) in [5.41, 5.74) is 8.68. The highest BCUT2D eigenvalue weighted by atomic mass is 35.5. The number of nitrogens with one attached hydrogen (secondary N) is 2. The summed E-state index contributed by atoms with van der Waals surface area (Å²) >= 11 is 9.63. The van der Waals surface area contributed by atoms with Crippen molar-refractivity contribution in [1.29, 1.82) is 0 Å². The van der Waals surface area contributed by atoms with Crippen LogP contribution in [0.15, 0.2) is 102 Å². The minimum atomic E-state index is -0.833. The third-order valence-electron chi connectivity index (χ3n) is 13.1. The predicted octanol–water partition coefficient (Wildman–Crippen LogP) is 9.32. The molecule has 0 radical (unpaired) electrons. The monoisotopic (exact) mass is 997 g/mol. The third kappa shape index (κ3) is 9.95. The first-order chi connectivity index (χ1) is 33.6. The lowest BCUT2D eigenvalue weighted by Crippen LogP contribution is -2.49. The highest BCUT2D eigenvalue weighted by Gasteiger charge is 2.43. The van der Waals surface area contributed by atoms with Gasteiger partial charge in [-0.15, -0.1) is 32.9 Å². The summed E-state index contributed by atoms with van der Waals surface area (Å²) in [6.07, 6.45) is 2.90. The smallest absolute Gasteiger partial charge is 0.248 e. The van der Waals surface area contributed by atoms with Crippen molar-refractivity contribution in [2.24, 2.45) is 10.9 Å². The first kappa shape index (κ1) is 48.6. The molecule has 0 saturated carbocycles. The molecule has 3 amide bonds. The molecule has 5 atom stereocenters. The molecule has 0 bridgehead atoms. The number of aliphatic imine (C=N–C) groups is 1. The van der Waals surface area contributed by atoms with Crippen LogP contribution in [0, 0.1) is 33.6 Å². The molecular weight excluding hydrogens is 942 g/mol. The van der Waals surface area contributed by atoms with Crippen LogP contribution in [-0.4, -0.2) is 89.8 Å². The Morgan fingerprint density at radius 3 is 2.41 bits per heavy atom. The van der Waals surface area contributed by atoms with Gasteiger partial charge in [-0.3, -0.25) is 28.6 Å². The average Bonchev–Trinajstić information content (AvgIpc) is 4.19. The number of carbonyl (C=O) groups excluding carboxylic acids is 3. The molecule has 4 aromatic heterocycles. The molecule has 1 unspecified atom stereocenters. The van der Waals surface area contributed by atoms with Gasteiger partial charge in [-0.1, -0.05) is 74.0 Å². The zero-order chi connectivity index (χ0) is 49.4. The number of benzene rings is 3. The summed E-state index contributed by atoms with van der Waals surface area (Å²) in [5.74, 6) is 0.948. The lowest BCUT2D eigenvalue weighted by atomic mass is 9.99. The summed E-state index contributed by atoms with van der Waals surface area (Å²) < 4.78 is 9.79. The highest BCUT2D eigenvalue weighted by molar-refractivity contribution is 7.15. The number of β-amino-alcohol motifs (C(OH)–C–C–N with tert-alkyl or cyclic N) is 1. The topological polar surface area (TPSA) is 169 Å². The number of ether oxygens (including phenoxy) is 1. The van der Waals surface area contributed by atoms with Gasteiger partial charge < -0.3 is 25.4 Å². The normalized spacial score (nSPS) is 17.4. The minimum Gasteiger partial charge on any atom is -0.492 e. The van der Waals surface area contributed by atoms with Crippen molar-refractivity contribution in [3.63, 3.8) is 0 Å². The number of likely N-dealkylation sites (tertiary alicyclic amines) is 1. The van der Waals surface area contributed by atoms with Crippen molar-refractivity contribution >= 4 is 57.7 Å². The fourth-order valence-electron chi connectivity index (χ4n) is 9.31. The molecule has 1 fully saturated rings. The Hall–Kier alpha value is -6.46. The van der Waals surface area contributed by atoms with Crippen LogP contribution >= 0.6 is 34.3 Å². The maximum atomic E-state index is 14.4. The molecule has 0 aliphatic carbocycles. The van der Waals surface area contributed by atoms with Crippen molar-refractivity contribution in [3.05, 3.63) is 146 Å². The second-order valence-corrected chi connectivity index (χ2v) is 21.0. The second-order valence-electron chi connectivity index (χ2n) is 18.4. The summed E-state index contributed by atoms with van der Waals surface area (Å²) in [6, 6.07) is 22.9. The predicted molar refractivity (Wildman–Crippen MR) is 275 cm³/mol. The van der Waals surface area contributed by atoms with E-state index in [-0.39, 0.29) is 62.2 Å².